The van der Waals surface area contributed by atoms with Crippen molar-refractivity contribution in [3.63, 3.8) is 0 Å². The zero-order valence-electron chi connectivity index (χ0n) is 21.4. The minimum absolute atomic E-state index is 0.406. The molecule has 5 atom stereocenters. The van der Waals surface area contributed by atoms with E-state index in [-0.39, 0.29) is 0 Å². The second-order valence-corrected chi connectivity index (χ2v) is 9.09. The molecule has 0 amide bonds. The molecule has 0 spiro atoms. The Morgan fingerprint density at radius 1 is 0.865 bits per heavy atom. The molecule has 1 N–H and O–H groups in total. The summed E-state index contributed by atoms with van der Waals surface area (Å²) >= 11 is 0. The zero-order chi connectivity index (χ0) is 26.4. The lowest BCUT2D eigenvalue weighted by molar-refractivity contribution is -0.176. The van der Waals surface area contributed by atoms with Crippen molar-refractivity contribution in [3.8, 4) is 23.0 Å². The normalized spacial score (nSPS) is 27.6. The van der Waals surface area contributed by atoms with E-state index in [9.17, 15) is 9.90 Å². The molecule has 37 heavy (non-hydrogen) atoms. The molecule has 0 aromatic heterocycles. The van der Waals surface area contributed by atoms with E-state index in [1.165, 1.54) is 21.3 Å². The van der Waals surface area contributed by atoms with Gasteiger partial charge < -0.3 is 33.5 Å². The van der Waals surface area contributed by atoms with Crippen molar-refractivity contribution in [1.82, 2.24) is 0 Å². The molecule has 0 radical (unpaired) electrons. The molecule has 1 saturated carbocycles. The largest absolute Gasteiger partial charge is 0.497 e. The smallest absolute Gasteiger partial charge is 0.312 e. The third-order valence-corrected chi connectivity index (χ3v) is 7.72. The summed E-state index contributed by atoms with van der Waals surface area (Å²) in [5.41, 5.74) is -0.977. The molecular weight excluding hydrogens is 476 g/mol. The molecule has 2 aliphatic rings. The quantitative estimate of drug-likeness (QED) is 0.484. The van der Waals surface area contributed by atoms with Gasteiger partial charge in [-0.2, -0.15) is 0 Å². The number of aliphatic hydroxyl groups excluding tert-OH is 1. The number of hydrogen-bond acceptors (Lipinski definition) is 8. The molecule has 1 aliphatic heterocycles. The number of carbonyl (C=O) groups excluding carboxylic acids is 1. The third-order valence-electron chi connectivity index (χ3n) is 7.72. The minimum Gasteiger partial charge on any atom is -0.497 e. The zero-order valence-corrected chi connectivity index (χ0v) is 21.4. The predicted molar refractivity (Wildman–Crippen MR) is 134 cm³/mol. The number of benzene rings is 3. The number of rotatable bonds is 7. The summed E-state index contributed by atoms with van der Waals surface area (Å²) in [5.74, 6) is -0.293. The maximum Gasteiger partial charge on any atom is 0.312 e. The number of ether oxygens (including phenoxy) is 6. The Bertz CT molecular complexity index is 1290. The van der Waals surface area contributed by atoms with Gasteiger partial charge in [0.25, 0.3) is 0 Å². The van der Waals surface area contributed by atoms with Crippen LogP contribution in [-0.2, 0) is 25.5 Å². The topological polar surface area (TPSA) is 92.7 Å². The van der Waals surface area contributed by atoms with Crippen molar-refractivity contribution in [3.05, 3.63) is 83.4 Å². The fourth-order valence-electron chi connectivity index (χ4n) is 6.25. The van der Waals surface area contributed by atoms with E-state index in [1.54, 1.807) is 26.4 Å². The number of hydrogen-bond donors (Lipinski definition) is 1. The van der Waals surface area contributed by atoms with Crippen LogP contribution in [0.4, 0.5) is 0 Å². The Kier molecular flexibility index (Phi) is 6.25. The Labute approximate surface area is 215 Å². The lowest BCUT2D eigenvalue weighted by Crippen LogP contribution is -2.53. The molecule has 1 fully saturated rings. The van der Waals surface area contributed by atoms with Gasteiger partial charge in [0.15, 0.2) is 11.2 Å². The minimum atomic E-state index is -1.55. The van der Waals surface area contributed by atoms with Crippen molar-refractivity contribution in [2.45, 2.75) is 23.2 Å². The Balaban J connectivity index is 1.91. The number of aliphatic hydroxyl groups is 1. The van der Waals surface area contributed by atoms with Crippen LogP contribution in [0, 0.1) is 5.92 Å². The second-order valence-electron chi connectivity index (χ2n) is 9.09. The van der Waals surface area contributed by atoms with Crippen LogP contribution in [0.5, 0.6) is 23.0 Å². The first kappa shape index (κ1) is 24.9. The van der Waals surface area contributed by atoms with Crippen LogP contribution in [0.3, 0.4) is 0 Å². The lowest BCUT2D eigenvalue weighted by atomic mass is 9.70. The van der Waals surface area contributed by atoms with E-state index in [1.807, 2.05) is 54.6 Å². The molecule has 1 aliphatic carbocycles. The van der Waals surface area contributed by atoms with E-state index in [4.69, 9.17) is 28.4 Å². The van der Waals surface area contributed by atoms with Gasteiger partial charge in [-0.05, 0) is 23.3 Å². The second kappa shape index (κ2) is 9.28. The van der Waals surface area contributed by atoms with Crippen LogP contribution in [0.25, 0.3) is 0 Å². The summed E-state index contributed by atoms with van der Waals surface area (Å²) in [7, 11) is 7.48. The Hall–Kier alpha value is -3.75. The molecular formula is C29H30O8. The van der Waals surface area contributed by atoms with Crippen molar-refractivity contribution >= 4 is 5.97 Å². The standard InChI is InChI=1S/C29H30O8/c1-32-19-13-11-18(12-14-19)28-24(17-9-7-6-8-10-17)23(27(31)35-4)26(30)29(28,36-5)25-21(34-3)15-20(33-2)16-22(25)37-28/h6-16,23-24,26,30H,1-5H3/t23-,24-,26+,28+,29+/m1/s1. The summed E-state index contributed by atoms with van der Waals surface area (Å²) in [6.45, 7) is 0. The summed E-state index contributed by atoms with van der Waals surface area (Å²) in [4.78, 5) is 13.4. The average Bonchev–Trinajstić information content (AvgIpc) is 3.37. The lowest BCUT2D eigenvalue weighted by Gasteiger charge is -2.43. The number of carbonyl (C=O) groups is 1. The van der Waals surface area contributed by atoms with Crippen molar-refractivity contribution in [1.29, 1.82) is 0 Å². The van der Waals surface area contributed by atoms with Gasteiger partial charge in [-0.25, -0.2) is 0 Å². The van der Waals surface area contributed by atoms with Gasteiger partial charge in [-0.3, -0.25) is 4.79 Å². The fraction of sp³-hybridized carbons (Fsp3) is 0.345. The molecule has 0 bridgehead atoms. The van der Waals surface area contributed by atoms with Crippen molar-refractivity contribution < 1.29 is 38.3 Å². The van der Waals surface area contributed by atoms with E-state index in [2.05, 4.69) is 0 Å². The molecule has 1 heterocycles. The summed E-state index contributed by atoms with van der Waals surface area (Å²) in [6.07, 6.45) is -1.36. The summed E-state index contributed by atoms with van der Waals surface area (Å²) in [5, 5.41) is 12.1. The van der Waals surface area contributed by atoms with Gasteiger partial charge in [0.1, 0.15) is 29.1 Å². The van der Waals surface area contributed by atoms with Crippen LogP contribution in [0.2, 0.25) is 0 Å². The first-order valence-electron chi connectivity index (χ1n) is 11.9. The molecule has 3 aromatic carbocycles. The molecule has 0 unspecified atom stereocenters. The predicted octanol–water partition coefficient (Wildman–Crippen LogP) is 3.79. The molecule has 8 heteroatoms. The number of esters is 1. The maximum atomic E-state index is 13.4. The molecule has 3 aromatic rings. The van der Waals surface area contributed by atoms with Crippen molar-refractivity contribution in [2.24, 2.45) is 5.92 Å². The SMILES string of the molecule is COC(=O)[C@@H]1[C@@H](c2ccccc2)[C@]2(c3ccc(OC)cc3)Oc3cc(OC)cc(OC)c3[C@]2(OC)[C@H]1O. The first-order valence-corrected chi connectivity index (χ1v) is 11.9. The van der Waals surface area contributed by atoms with E-state index >= 15 is 0 Å². The van der Waals surface area contributed by atoms with Crippen LogP contribution in [0.1, 0.15) is 22.6 Å². The van der Waals surface area contributed by atoms with E-state index < -0.39 is 35.1 Å². The Morgan fingerprint density at radius 3 is 2.11 bits per heavy atom. The molecule has 194 valence electrons. The summed E-state index contributed by atoms with van der Waals surface area (Å²) < 4.78 is 35.2. The van der Waals surface area contributed by atoms with Gasteiger partial charge in [-0.1, -0.05) is 42.5 Å². The highest BCUT2D eigenvalue weighted by Crippen LogP contribution is 2.71. The van der Waals surface area contributed by atoms with Crippen LogP contribution < -0.4 is 18.9 Å². The van der Waals surface area contributed by atoms with Crippen LogP contribution >= 0.6 is 0 Å². The number of methoxy groups -OCH3 is 5. The number of fused-ring (bicyclic) bond motifs is 3. The van der Waals surface area contributed by atoms with Gasteiger partial charge in [-0.15, -0.1) is 0 Å². The highest BCUT2D eigenvalue weighted by atomic mass is 16.6. The third kappa shape index (κ3) is 3.25. The molecule has 0 saturated heterocycles. The van der Waals surface area contributed by atoms with Gasteiger partial charge >= 0.3 is 5.97 Å². The highest BCUT2D eigenvalue weighted by Gasteiger charge is 2.79. The average molecular weight is 507 g/mol. The maximum absolute atomic E-state index is 13.4. The van der Waals surface area contributed by atoms with E-state index in [0.29, 0.717) is 34.1 Å². The Morgan fingerprint density at radius 2 is 1.54 bits per heavy atom. The van der Waals surface area contributed by atoms with Crippen LogP contribution in [0.15, 0.2) is 66.7 Å². The monoisotopic (exact) mass is 506 g/mol. The van der Waals surface area contributed by atoms with Gasteiger partial charge in [0, 0.05) is 25.2 Å². The van der Waals surface area contributed by atoms with E-state index in [0.717, 1.165) is 5.56 Å². The fourth-order valence-corrected chi connectivity index (χ4v) is 6.25. The van der Waals surface area contributed by atoms with Gasteiger partial charge in [0.2, 0.25) is 0 Å². The molecule has 8 nitrogen and oxygen atoms in total. The summed E-state index contributed by atoms with van der Waals surface area (Å²) in [6, 6.07) is 20.3. The van der Waals surface area contributed by atoms with Gasteiger partial charge in [0.05, 0.1) is 39.9 Å². The highest BCUT2D eigenvalue weighted by molar-refractivity contribution is 5.78. The first-order chi connectivity index (χ1) is 17.9. The van der Waals surface area contributed by atoms with Crippen LogP contribution in [-0.4, -0.2) is 52.7 Å². The molecule has 5 rings (SSSR count). The van der Waals surface area contributed by atoms with Crippen molar-refractivity contribution in [2.75, 3.05) is 35.5 Å².